The molecule has 0 spiro atoms. The summed E-state index contributed by atoms with van der Waals surface area (Å²) in [4.78, 5) is 34.5. The van der Waals surface area contributed by atoms with Crippen molar-refractivity contribution in [2.45, 2.75) is 148 Å². The standard InChI is InChI=1S/C33H61O10P/c1-3-5-7-9-11-12-13-14-15-16-17-18-19-21-23-25-33(37)43-31(29-42-44(38,39)41-27-30(35)26-34)28-40-32(36)24-22-20-10-8-6-4-2/h11-12,14-15,30-31,34-35H,3-10,13,16-29H2,1-2H3,(H,38,39)/b12-11-,15-14-. The maximum Gasteiger partial charge on any atom is 0.472 e. The van der Waals surface area contributed by atoms with Crippen LogP contribution >= 0.6 is 7.82 Å². The van der Waals surface area contributed by atoms with E-state index in [1.807, 2.05) is 0 Å². The summed E-state index contributed by atoms with van der Waals surface area (Å²) in [5.41, 5.74) is 0. The van der Waals surface area contributed by atoms with Crippen LogP contribution in [-0.2, 0) is 32.7 Å². The number of allylic oxidation sites excluding steroid dienone is 4. The normalized spacial score (nSPS) is 14.6. The van der Waals surface area contributed by atoms with Crippen LogP contribution in [0.5, 0.6) is 0 Å². The van der Waals surface area contributed by atoms with Crippen molar-refractivity contribution < 1.29 is 47.8 Å². The number of hydrogen-bond donors (Lipinski definition) is 3. The van der Waals surface area contributed by atoms with Crippen LogP contribution in [0.1, 0.15) is 136 Å². The lowest BCUT2D eigenvalue weighted by molar-refractivity contribution is -0.161. The van der Waals surface area contributed by atoms with Crippen LogP contribution in [0.2, 0.25) is 0 Å². The fourth-order valence-corrected chi connectivity index (χ4v) is 4.99. The molecule has 0 rings (SSSR count). The minimum atomic E-state index is -4.60. The monoisotopic (exact) mass is 648 g/mol. The molecule has 44 heavy (non-hydrogen) atoms. The number of unbranched alkanes of at least 4 members (excludes halogenated alkanes) is 13. The molecule has 0 heterocycles. The van der Waals surface area contributed by atoms with Gasteiger partial charge in [-0.3, -0.25) is 18.6 Å². The van der Waals surface area contributed by atoms with Crippen LogP contribution in [0.4, 0.5) is 0 Å². The van der Waals surface area contributed by atoms with Gasteiger partial charge in [-0.2, -0.15) is 0 Å². The van der Waals surface area contributed by atoms with Gasteiger partial charge in [0.15, 0.2) is 6.10 Å². The first kappa shape index (κ1) is 42.5. The van der Waals surface area contributed by atoms with Gasteiger partial charge in [-0.1, -0.05) is 102 Å². The fraction of sp³-hybridized carbons (Fsp3) is 0.818. The van der Waals surface area contributed by atoms with Crippen LogP contribution < -0.4 is 0 Å². The quantitative estimate of drug-likeness (QED) is 0.0299. The number of ether oxygens (including phenoxy) is 2. The number of rotatable bonds is 31. The largest absolute Gasteiger partial charge is 0.472 e. The molecule has 0 saturated heterocycles. The number of phosphoric acid groups is 1. The summed E-state index contributed by atoms with van der Waals surface area (Å²) in [5, 5.41) is 18.2. The number of aliphatic hydroxyl groups is 2. The Bertz CT molecular complexity index is 801. The van der Waals surface area contributed by atoms with Gasteiger partial charge in [0, 0.05) is 12.8 Å². The molecule has 3 unspecified atom stereocenters. The van der Waals surface area contributed by atoms with Crippen molar-refractivity contribution in [2.24, 2.45) is 0 Å². The SMILES string of the molecule is CCCCC/C=C\C/C=C\CCCCCCCC(=O)OC(COC(=O)CCCCCCCC)COP(=O)(O)OCC(O)CO. The molecule has 0 bridgehead atoms. The molecule has 3 atom stereocenters. The number of esters is 2. The molecule has 0 aromatic carbocycles. The highest BCUT2D eigenvalue weighted by Gasteiger charge is 2.27. The molecule has 0 radical (unpaired) electrons. The molecule has 258 valence electrons. The summed E-state index contributed by atoms with van der Waals surface area (Å²) < 4.78 is 32.3. The van der Waals surface area contributed by atoms with Crippen molar-refractivity contribution in [1.82, 2.24) is 0 Å². The predicted molar refractivity (Wildman–Crippen MR) is 173 cm³/mol. The second-order valence-electron chi connectivity index (χ2n) is 11.2. The highest BCUT2D eigenvalue weighted by molar-refractivity contribution is 7.47. The second-order valence-corrected chi connectivity index (χ2v) is 12.6. The second kappa shape index (κ2) is 30.1. The Labute approximate surface area is 266 Å². The van der Waals surface area contributed by atoms with Gasteiger partial charge in [0.05, 0.1) is 19.8 Å². The number of carbonyl (C=O) groups is 2. The van der Waals surface area contributed by atoms with E-state index in [1.165, 1.54) is 25.7 Å². The van der Waals surface area contributed by atoms with E-state index in [9.17, 15) is 24.2 Å². The van der Waals surface area contributed by atoms with Gasteiger partial charge in [0.25, 0.3) is 0 Å². The van der Waals surface area contributed by atoms with E-state index in [4.69, 9.17) is 19.1 Å². The van der Waals surface area contributed by atoms with Crippen LogP contribution in [0.3, 0.4) is 0 Å². The number of carbonyl (C=O) groups excluding carboxylic acids is 2. The first-order chi connectivity index (χ1) is 21.2. The van der Waals surface area contributed by atoms with Gasteiger partial charge in [-0.25, -0.2) is 4.57 Å². The van der Waals surface area contributed by atoms with E-state index >= 15 is 0 Å². The topological polar surface area (TPSA) is 149 Å². The molecule has 0 aromatic heterocycles. The predicted octanol–water partition coefficient (Wildman–Crippen LogP) is 7.49. The van der Waals surface area contributed by atoms with Gasteiger partial charge in [0.1, 0.15) is 12.7 Å². The van der Waals surface area contributed by atoms with Gasteiger partial charge in [-0.05, 0) is 44.9 Å². The number of phosphoric ester groups is 1. The maximum absolute atomic E-state index is 12.5. The van der Waals surface area contributed by atoms with Crippen LogP contribution in [0.15, 0.2) is 24.3 Å². The molecular formula is C33H61O10P. The maximum atomic E-state index is 12.5. The molecule has 0 saturated carbocycles. The van der Waals surface area contributed by atoms with E-state index in [1.54, 1.807) is 0 Å². The van der Waals surface area contributed by atoms with E-state index < -0.39 is 51.8 Å². The van der Waals surface area contributed by atoms with Crippen molar-refractivity contribution in [1.29, 1.82) is 0 Å². The van der Waals surface area contributed by atoms with Crippen molar-refractivity contribution in [2.75, 3.05) is 26.4 Å². The van der Waals surface area contributed by atoms with Gasteiger partial charge in [0.2, 0.25) is 0 Å². The molecule has 0 fully saturated rings. The lowest BCUT2D eigenvalue weighted by Crippen LogP contribution is -2.29. The Kier molecular flexibility index (Phi) is 29.1. The molecule has 11 heteroatoms. The number of aliphatic hydroxyl groups excluding tert-OH is 2. The summed E-state index contributed by atoms with van der Waals surface area (Å²) in [7, 11) is -4.60. The van der Waals surface area contributed by atoms with Crippen molar-refractivity contribution >= 4 is 19.8 Å². The molecule has 0 aliphatic rings. The molecule has 0 amide bonds. The number of hydrogen-bond acceptors (Lipinski definition) is 9. The summed E-state index contributed by atoms with van der Waals surface area (Å²) >= 11 is 0. The Hall–Kier alpha value is -1.55. The Morgan fingerprint density at radius 1 is 0.682 bits per heavy atom. The molecule has 3 N–H and O–H groups in total. The zero-order chi connectivity index (χ0) is 32.7. The van der Waals surface area contributed by atoms with E-state index in [0.29, 0.717) is 12.8 Å². The van der Waals surface area contributed by atoms with Crippen LogP contribution in [-0.4, -0.2) is 65.7 Å². The minimum Gasteiger partial charge on any atom is -0.462 e. The fourth-order valence-electron chi connectivity index (χ4n) is 4.20. The first-order valence-electron chi connectivity index (χ1n) is 16.8. The zero-order valence-corrected chi connectivity index (χ0v) is 28.3. The average molecular weight is 649 g/mol. The van der Waals surface area contributed by atoms with Crippen LogP contribution in [0, 0.1) is 0 Å². The van der Waals surface area contributed by atoms with Gasteiger partial charge < -0.3 is 24.6 Å². The third-order valence-electron chi connectivity index (χ3n) is 6.86. The van der Waals surface area contributed by atoms with E-state index in [-0.39, 0.29) is 19.4 Å². The molecule has 10 nitrogen and oxygen atoms in total. The van der Waals surface area contributed by atoms with Gasteiger partial charge >= 0.3 is 19.8 Å². The molecule has 0 aliphatic heterocycles. The Balaban J connectivity index is 4.40. The molecule has 0 aliphatic carbocycles. The molecule has 0 aromatic rings. The summed E-state index contributed by atoms with van der Waals surface area (Å²) in [5.74, 6) is -0.953. The minimum absolute atomic E-state index is 0.169. The first-order valence-corrected chi connectivity index (χ1v) is 18.3. The summed E-state index contributed by atoms with van der Waals surface area (Å²) in [6.07, 6.45) is 24.7. The Morgan fingerprint density at radius 2 is 1.18 bits per heavy atom. The van der Waals surface area contributed by atoms with Crippen LogP contribution in [0.25, 0.3) is 0 Å². The lowest BCUT2D eigenvalue weighted by Gasteiger charge is -2.20. The van der Waals surface area contributed by atoms with Gasteiger partial charge in [-0.15, -0.1) is 0 Å². The smallest absolute Gasteiger partial charge is 0.462 e. The lowest BCUT2D eigenvalue weighted by atomic mass is 10.1. The highest BCUT2D eigenvalue weighted by Crippen LogP contribution is 2.43. The summed E-state index contributed by atoms with van der Waals surface area (Å²) in [6.45, 7) is 2.23. The van der Waals surface area contributed by atoms with E-state index in [2.05, 4.69) is 42.7 Å². The third-order valence-corrected chi connectivity index (χ3v) is 7.81. The Morgan fingerprint density at radius 3 is 1.80 bits per heavy atom. The third kappa shape index (κ3) is 29.2. The average Bonchev–Trinajstić information content (AvgIpc) is 3.01. The van der Waals surface area contributed by atoms with E-state index in [0.717, 1.165) is 70.6 Å². The van der Waals surface area contributed by atoms with Crippen molar-refractivity contribution in [3.05, 3.63) is 24.3 Å². The summed E-state index contributed by atoms with van der Waals surface area (Å²) in [6, 6.07) is 0. The molecular weight excluding hydrogens is 587 g/mol. The van der Waals surface area contributed by atoms with Crippen molar-refractivity contribution in [3.63, 3.8) is 0 Å². The zero-order valence-electron chi connectivity index (χ0n) is 27.4. The highest BCUT2D eigenvalue weighted by atomic mass is 31.2. The van der Waals surface area contributed by atoms with Crippen molar-refractivity contribution in [3.8, 4) is 0 Å².